The largest absolute Gasteiger partial charge is 0.128 e. The zero-order valence-electron chi connectivity index (χ0n) is 8.22. The van der Waals surface area contributed by atoms with Crippen molar-refractivity contribution in [2.75, 3.05) is 0 Å². The zero-order valence-corrected chi connectivity index (χ0v) is 9.22. The minimum absolute atomic E-state index is 0.938. The predicted molar refractivity (Wildman–Crippen MR) is 62.2 cm³/mol. The van der Waals surface area contributed by atoms with Gasteiger partial charge in [-0.25, -0.2) is 0 Å². The summed E-state index contributed by atoms with van der Waals surface area (Å²) in [6, 6.07) is 8.84. The summed E-state index contributed by atoms with van der Waals surface area (Å²) >= 11 is 0. The van der Waals surface area contributed by atoms with E-state index in [9.17, 15) is 0 Å². The summed E-state index contributed by atoms with van der Waals surface area (Å²) in [5, 5.41) is 4.74. The van der Waals surface area contributed by atoms with Crippen LogP contribution < -0.4 is 0 Å². The molecule has 0 fully saturated rings. The van der Waals surface area contributed by atoms with Crippen LogP contribution in [0.5, 0.6) is 0 Å². The highest BCUT2D eigenvalue weighted by Crippen LogP contribution is 2.35. The highest BCUT2D eigenvalue weighted by Gasteiger charge is 2.06. The SMILES string of the molecule is CCc1[pH]c2ccccc2c1CC. The molecule has 2 rings (SSSR count). The molecule has 0 aliphatic heterocycles. The van der Waals surface area contributed by atoms with E-state index >= 15 is 0 Å². The molecule has 0 nitrogen and oxygen atoms in total. The summed E-state index contributed by atoms with van der Waals surface area (Å²) in [5.41, 5.74) is 1.61. The Bertz CT molecular complexity index is 412. The Balaban J connectivity index is 2.73. The van der Waals surface area contributed by atoms with Crippen molar-refractivity contribution in [3.63, 3.8) is 0 Å². The number of fused-ring (bicyclic) bond motifs is 1. The highest BCUT2D eigenvalue weighted by molar-refractivity contribution is 7.38. The van der Waals surface area contributed by atoms with E-state index in [1.807, 2.05) is 0 Å². The lowest BCUT2D eigenvalue weighted by atomic mass is 10.1. The first-order valence-corrected chi connectivity index (χ1v) is 5.95. The van der Waals surface area contributed by atoms with Gasteiger partial charge in [0.2, 0.25) is 0 Å². The molecule has 1 aromatic carbocycles. The average Bonchev–Trinajstić information content (AvgIpc) is 2.55. The van der Waals surface area contributed by atoms with Gasteiger partial charge in [-0.05, 0) is 34.2 Å². The molecule has 0 saturated carbocycles. The summed E-state index contributed by atoms with van der Waals surface area (Å²) in [4.78, 5) is 0. The molecule has 0 saturated heterocycles. The molecule has 0 aliphatic rings. The molecule has 0 amide bonds. The lowest BCUT2D eigenvalue weighted by Crippen LogP contribution is -1.82. The number of hydrogen-bond acceptors (Lipinski definition) is 0. The number of rotatable bonds is 2. The van der Waals surface area contributed by atoms with Crippen molar-refractivity contribution >= 4 is 18.7 Å². The molecule has 68 valence electrons. The van der Waals surface area contributed by atoms with Crippen LogP contribution in [0.1, 0.15) is 24.7 Å². The van der Waals surface area contributed by atoms with Crippen LogP contribution in [-0.2, 0) is 12.8 Å². The maximum absolute atomic E-state index is 2.27. The predicted octanol–water partition coefficient (Wildman–Crippen LogP) is 4.00. The van der Waals surface area contributed by atoms with Gasteiger partial charge >= 0.3 is 0 Å². The molecule has 0 radical (unpaired) electrons. The molecule has 13 heavy (non-hydrogen) atoms. The van der Waals surface area contributed by atoms with Crippen molar-refractivity contribution < 1.29 is 0 Å². The van der Waals surface area contributed by atoms with Crippen LogP contribution in [0.2, 0.25) is 0 Å². The molecular formula is C12H15P. The lowest BCUT2D eigenvalue weighted by Gasteiger charge is -1.97. The van der Waals surface area contributed by atoms with E-state index in [0.29, 0.717) is 0 Å². The van der Waals surface area contributed by atoms with Crippen LogP contribution in [0.25, 0.3) is 10.5 Å². The Morgan fingerprint density at radius 3 is 2.54 bits per heavy atom. The molecule has 0 N–H and O–H groups in total. The standard InChI is InChI=1S/C12H15P/c1-3-9-10-7-5-6-8-12(10)13-11(9)4-2/h5-8,13H,3-4H2,1-2H3. The van der Waals surface area contributed by atoms with Gasteiger partial charge in [-0.1, -0.05) is 38.1 Å². The maximum Gasteiger partial charge on any atom is -0.00127 e. The van der Waals surface area contributed by atoms with Gasteiger partial charge in [-0.15, -0.1) is 8.19 Å². The van der Waals surface area contributed by atoms with Gasteiger partial charge in [-0.3, -0.25) is 0 Å². The molecule has 2 aromatic rings. The fourth-order valence-corrected chi connectivity index (χ4v) is 3.47. The van der Waals surface area contributed by atoms with E-state index in [0.717, 1.165) is 8.19 Å². The van der Waals surface area contributed by atoms with Gasteiger partial charge in [0.25, 0.3) is 0 Å². The Morgan fingerprint density at radius 2 is 1.85 bits per heavy atom. The smallest absolute Gasteiger partial charge is 0.00127 e. The summed E-state index contributed by atoms with van der Waals surface area (Å²) in [7, 11) is 0.938. The first kappa shape index (κ1) is 8.84. The van der Waals surface area contributed by atoms with E-state index in [1.54, 1.807) is 16.0 Å². The van der Waals surface area contributed by atoms with Crippen LogP contribution >= 0.6 is 8.19 Å². The monoisotopic (exact) mass is 190 g/mol. The Morgan fingerprint density at radius 1 is 1.08 bits per heavy atom. The summed E-state index contributed by atoms with van der Waals surface area (Å²) in [5.74, 6) is 0. The molecule has 1 heteroatoms. The number of hydrogen-bond donors (Lipinski definition) is 0. The molecular weight excluding hydrogens is 175 g/mol. The Labute approximate surface area is 81.1 Å². The third-order valence-electron chi connectivity index (χ3n) is 2.61. The fourth-order valence-electron chi connectivity index (χ4n) is 1.96. The van der Waals surface area contributed by atoms with Crippen LogP contribution in [0.4, 0.5) is 0 Å². The third kappa shape index (κ3) is 1.40. The Hall–Kier alpha value is -0.740. The lowest BCUT2D eigenvalue weighted by molar-refractivity contribution is 1.09. The summed E-state index contributed by atoms with van der Waals surface area (Å²) in [6.45, 7) is 4.53. The van der Waals surface area contributed by atoms with Crippen molar-refractivity contribution in [2.45, 2.75) is 26.7 Å². The van der Waals surface area contributed by atoms with Crippen LogP contribution in [-0.4, -0.2) is 0 Å². The van der Waals surface area contributed by atoms with Crippen molar-refractivity contribution in [1.82, 2.24) is 0 Å². The average molecular weight is 190 g/mol. The van der Waals surface area contributed by atoms with Crippen molar-refractivity contribution in [3.8, 4) is 0 Å². The molecule has 0 aliphatic carbocycles. The minimum Gasteiger partial charge on any atom is -0.128 e. The second-order valence-corrected chi connectivity index (χ2v) is 4.73. The van der Waals surface area contributed by atoms with Gasteiger partial charge in [-0.2, -0.15) is 0 Å². The van der Waals surface area contributed by atoms with Gasteiger partial charge < -0.3 is 0 Å². The Kier molecular flexibility index (Phi) is 2.42. The van der Waals surface area contributed by atoms with Crippen LogP contribution in [0.15, 0.2) is 24.3 Å². The molecule has 1 heterocycles. The molecule has 1 atom stereocenters. The summed E-state index contributed by atoms with van der Waals surface area (Å²) < 4.78 is 0. The molecule has 1 aromatic heterocycles. The number of aryl methyl sites for hydroxylation is 2. The topological polar surface area (TPSA) is 0 Å². The van der Waals surface area contributed by atoms with E-state index < -0.39 is 0 Å². The second kappa shape index (κ2) is 3.55. The summed E-state index contributed by atoms with van der Waals surface area (Å²) in [6.07, 6.45) is 2.41. The molecule has 0 bridgehead atoms. The van der Waals surface area contributed by atoms with Gasteiger partial charge in [0.1, 0.15) is 0 Å². The van der Waals surface area contributed by atoms with E-state index in [-0.39, 0.29) is 0 Å². The zero-order chi connectivity index (χ0) is 9.26. The van der Waals surface area contributed by atoms with Crippen molar-refractivity contribution in [1.29, 1.82) is 0 Å². The maximum atomic E-state index is 2.27. The van der Waals surface area contributed by atoms with E-state index in [1.165, 1.54) is 18.2 Å². The van der Waals surface area contributed by atoms with Crippen molar-refractivity contribution in [3.05, 3.63) is 35.1 Å². The van der Waals surface area contributed by atoms with E-state index in [4.69, 9.17) is 0 Å². The molecule has 1 unspecified atom stereocenters. The number of benzene rings is 1. The first-order chi connectivity index (χ1) is 6.36. The van der Waals surface area contributed by atoms with Gasteiger partial charge in [0, 0.05) is 0 Å². The highest BCUT2D eigenvalue weighted by atomic mass is 31.0. The van der Waals surface area contributed by atoms with Gasteiger partial charge in [0.15, 0.2) is 0 Å². The van der Waals surface area contributed by atoms with Crippen LogP contribution in [0, 0.1) is 0 Å². The van der Waals surface area contributed by atoms with Crippen molar-refractivity contribution in [2.24, 2.45) is 0 Å². The first-order valence-electron chi connectivity index (χ1n) is 4.95. The quantitative estimate of drug-likeness (QED) is 0.671. The minimum atomic E-state index is 0.938. The second-order valence-electron chi connectivity index (χ2n) is 3.33. The fraction of sp³-hybridized carbons (Fsp3) is 0.333. The third-order valence-corrected chi connectivity index (χ3v) is 4.27. The normalized spacial score (nSPS) is 11.5. The molecule has 0 spiro atoms. The van der Waals surface area contributed by atoms with Crippen LogP contribution in [0.3, 0.4) is 0 Å². The van der Waals surface area contributed by atoms with Gasteiger partial charge in [0.05, 0.1) is 0 Å². The van der Waals surface area contributed by atoms with E-state index in [2.05, 4.69) is 38.1 Å².